The van der Waals surface area contributed by atoms with E-state index in [9.17, 15) is 4.39 Å². The molecule has 2 nitrogen and oxygen atoms in total. The molecule has 0 radical (unpaired) electrons. The van der Waals surface area contributed by atoms with E-state index in [2.05, 4.69) is 18.7 Å². The summed E-state index contributed by atoms with van der Waals surface area (Å²) in [4.78, 5) is 2.29. The predicted octanol–water partition coefficient (Wildman–Crippen LogP) is 3.18. The van der Waals surface area contributed by atoms with Crippen molar-refractivity contribution in [2.45, 2.75) is 38.1 Å². The second-order valence-corrected chi connectivity index (χ2v) is 6.46. The molecule has 2 N–H and O–H groups in total. The van der Waals surface area contributed by atoms with Crippen LogP contribution < -0.4 is 10.6 Å². The van der Waals surface area contributed by atoms with Crippen molar-refractivity contribution in [3.8, 4) is 0 Å². The molecule has 1 aliphatic heterocycles. The molecular weight excluding hydrogens is 247 g/mol. The van der Waals surface area contributed by atoms with Crippen LogP contribution >= 0.6 is 11.8 Å². The largest absolute Gasteiger partial charge is 0.367 e. The molecule has 0 amide bonds. The maximum atomic E-state index is 14.0. The first-order valence-corrected chi connectivity index (χ1v) is 7.49. The minimum Gasteiger partial charge on any atom is -0.367 e. The van der Waals surface area contributed by atoms with E-state index < -0.39 is 0 Å². The van der Waals surface area contributed by atoms with E-state index in [0.717, 1.165) is 18.0 Å². The Labute approximate surface area is 113 Å². The van der Waals surface area contributed by atoms with Crippen LogP contribution in [0.3, 0.4) is 0 Å². The lowest BCUT2D eigenvalue weighted by atomic mass is 10.0. The molecule has 4 heteroatoms. The monoisotopic (exact) mass is 268 g/mol. The molecular formula is C14H21FN2S. The zero-order valence-corrected chi connectivity index (χ0v) is 12.0. The molecule has 0 aromatic heterocycles. The lowest BCUT2D eigenvalue weighted by molar-refractivity contribution is 0.579. The summed E-state index contributed by atoms with van der Waals surface area (Å²) in [6.07, 6.45) is 0. The zero-order chi connectivity index (χ0) is 13.3. The Balaban J connectivity index is 2.41. The lowest BCUT2D eigenvalue weighted by Gasteiger charge is -2.40. The fraction of sp³-hybridized carbons (Fsp3) is 0.571. The second kappa shape index (κ2) is 5.49. The van der Waals surface area contributed by atoms with E-state index in [1.165, 1.54) is 6.07 Å². The summed E-state index contributed by atoms with van der Waals surface area (Å²) in [6, 6.07) is 5.38. The van der Waals surface area contributed by atoms with Gasteiger partial charge in [0, 0.05) is 40.9 Å². The van der Waals surface area contributed by atoms with Crippen LogP contribution in [0, 0.1) is 5.82 Å². The molecule has 1 aliphatic rings. The van der Waals surface area contributed by atoms with Crippen LogP contribution in [-0.4, -0.2) is 23.6 Å². The molecule has 1 saturated heterocycles. The normalized spacial score (nSPS) is 26.2. The Kier molecular flexibility index (Phi) is 4.17. The van der Waals surface area contributed by atoms with Crippen LogP contribution in [0.1, 0.15) is 32.4 Å². The predicted molar refractivity (Wildman–Crippen MR) is 77.7 cm³/mol. The van der Waals surface area contributed by atoms with Gasteiger partial charge in [-0.2, -0.15) is 11.8 Å². The van der Waals surface area contributed by atoms with Crippen molar-refractivity contribution < 1.29 is 4.39 Å². The molecule has 1 aromatic rings. The van der Waals surface area contributed by atoms with Crippen LogP contribution in [0.2, 0.25) is 0 Å². The van der Waals surface area contributed by atoms with Crippen molar-refractivity contribution in [3.63, 3.8) is 0 Å². The maximum absolute atomic E-state index is 14.0. The van der Waals surface area contributed by atoms with Gasteiger partial charge < -0.3 is 10.6 Å². The van der Waals surface area contributed by atoms with Gasteiger partial charge in [0.1, 0.15) is 5.82 Å². The molecule has 0 bridgehead atoms. The number of thioether (sulfide) groups is 1. The SMILES string of the molecule is CC1SCCN(c2cccc(F)c2[C@@H](C)N)C1C. The summed E-state index contributed by atoms with van der Waals surface area (Å²) in [6.45, 7) is 7.23. The third-order valence-electron chi connectivity index (χ3n) is 3.68. The van der Waals surface area contributed by atoms with E-state index in [4.69, 9.17) is 5.73 Å². The first-order valence-electron chi connectivity index (χ1n) is 6.44. The highest BCUT2D eigenvalue weighted by molar-refractivity contribution is 8.00. The Morgan fingerprint density at radius 1 is 1.44 bits per heavy atom. The third kappa shape index (κ3) is 2.50. The Morgan fingerprint density at radius 3 is 2.83 bits per heavy atom. The van der Waals surface area contributed by atoms with Gasteiger partial charge in [0.2, 0.25) is 0 Å². The highest BCUT2D eigenvalue weighted by Crippen LogP contribution is 2.34. The highest BCUT2D eigenvalue weighted by Gasteiger charge is 2.28. The van der Waals surface area contributed by atoms with Crippen molar-refractivity contribution in [1.29, 1.82) is 0 Å². The molecule has 0 aliphatic carbocycles. The van der Waals surface area contributed by atoms with E-state index >= 15 is 0 Å². The van der Waals surface area contributed by atoms with Crippen LogP contribution in [0.4, 0.5) is 10.1 Å². The van der Waals surface area contributed by atoms with Crippen molar-refractivity contribution in [2.75, 3.05) is 17.2 Å². The van der Waals surface area contributed by atoms with E-state index in [0.29, 0.717) is 16.9 Å². The average molecular weight is 268 g/mol. The summed E-state index contributed by atoms with van der Waals surface area (Å²) in [5, 5.41) is 0.558. The van der Waals surface area contributed by atoms with Crippen molar-refractivity contribution in [2.24, 2.45) is 5.73 Å². The summed E-state index contributed by atoms with van der Waals surface area (Å²) < 4.78 is 14.0. The van der Waals surface area contributed by atoms with Gasteiger partial charge in [-0.25, -0.2) is 4.39 Å². The van der Waals surface area contributed by atoms with Gasteiger partial charge in [-0.1, -0.05) is 13.0 Å². The first kappa shape index (κ1) is 13.7. The molecule has 2 unspecified atom stereocenters. The van der Waals surface area contributed by atoms with Crippen LogP contribution in [-0.2, 0) is 0 Å². The van der Waals surface area contributed by atoms with Crippen LogP contribution in [0.15, 0.2) is 18.2 Å². The maximum Gasteiger partial charge on any atom is 0.130 e. The van der Waals surface area contributed by atoms with Gasteiger partial charge in [0.25, 0.3) is 0 Å². The van der Waals surface area contributed by atoms with Gasteiger partial charge >= 0.3 is 0 Å². The number of anilines is 1. The zero-order valence-electron chi connectivity index (χ0n) is 11.2. The summed E-state index contributed by atoms with van der Waals surface area (Å²) in [5.41, 5.74) is 7.53. The van der Waals surface area contributed by atoms with Gasteiger partial charge in [-0.05, 0) is 26.0 Å². The molecule has 1 heterocycles. The van der Waals surface area contributed by atoms with Crippen molar-refractivity contribution >= 4 is 17.4 Å². The number of nitrogens with two attached hydrogens (primary N) is 1. The minimum atomic E-state index is -0.279. The molecule has 3 atom stereocenters. The molecule has 18 heavy (non-hydrogen) atoms. The van der Waals surface area contributed by atoms with Crippen LogP contribution in [0.5, 0.6) is 0 Å². The number of rotatable bonds is 2. The molecule has 2 rings (SSSR count). The summed E-state index contributed by atoms with van der Waals surface area (Å²) >= 11 is 1.98. The van der Waals surface area contributed by atoms with E-state index in [-0.39, 0.29) is 11.9 Å². The number of hydrogen-bond donors (Lipinski definition) is 1. The standard InChI is InChI=1S/C14H21FN2S/c1-9(16)14-12(15)5-4-6-13(14)17-7-8-18-11(3)10(17)2/h4-6,9-11H,7-8,16H2,1-3H3/t9-,10?,11?/m1/s1. The topological polar surface area (TPSA) is 29.3 Å². The van der Waals surface area contributed by atoms with Gasteiger partial charge in [-0.15, -0.1) is 0 Å². The average Bonchev–Trinajstić information content (AvgIpc) is 2.32. The highest BCUT2D eigenvalue weighted by atomic mass is 32.2. The van der Waals surface area contributed by atoms with Crippen molar-refractivity contribution in [3.05, 3.63) is 29.6 Å². The summed E-state index contributed by atoms with van der Waals surface area (Å²) in [7, 11) is 0. The molecule has 1 aromatic carbocycles. The lowest BCUT2D eigenvalue weighted by Crippen LogP contribution is -2.45. The smallest absolute Gasteiger partial charge is 0.130 e. The van der Waals surface area contributed by atoms with Crippen LogP contribution in [0.25, 0.3) is 0 Å². The molecule has 0 saturated carbocycles. The van der Waals surface area contributed by atoms with Gasteiger partial charge in [-0.3, -0.25) is 0 Å². The van der Waals surface area contributed by atoms with E-state index in [1.54, 1.807) is 6.07 Å². The van der Waals surface area contributed by atoms with Crippen molar-refractivity contribution in [1.82, 2.24) is 0 Å². The number of hydrogen-bond acceptors (Lipinski definition) is 3. The summed E-state index contributed by atoms with van der Waals surface area (Å²) in [5.74, 6) is 0.890. The minimum absolute atomic E-state index is 0.194. The quantitative estimate of drug-likeness (QED) is 0.893. The molecule has 0 spiro atoms. The molecule has 100 valence electrons. The first-order chi connectivity index (χ1) is 8.52. The fourth-order valence-corrected chi connectivity index (χ4v) is 3.60. The third-order valence-corrected chi connectivity index (χ3v) is 5.02. The van der Waals surface area contributed by atoms with Gasteiger partial charge in [0.05, 0.1) is 0 Å². The second-order valence-electron chi connectivity index (χ2n) is 4.97. The Morgan fingerprint density at radius 2 is 2.17 bits per heavy atom. The molecule has 1 fully saturated rings. The number of nitrogens with zero attached hydrogens (tertiary/aromatic N) is 1. The Bertz CT molecular complexity index is 422. The number of halogens is 1. The Hall–Kier alpha value is -0.740. The van der Waals surface area contributed by atoms with Gasteiger partial charge in [0.15, 0.2) is 0 Å². The fourth-order valence-electron chi connectivity index (χ4n) is 2.50. The van der Waals surface area contributed by atoms with E-state index in [1.807, 2.05) is 24.8 Å². The number of benzene rings is 1.